The Hall–Kier alpha value is -1.76. The Morgan fingerprint density at radius 3 is 3.14 bits per heavy atom. The average Bonchev–Trinajstić information content (AvgIpc) is 2.69. The monoisotopic (exact) mass is 191 g/mol. The van der Waals surface area contributed by atoms with Gasteiger partial charge in [0.15, 0.2) is 0 Å². The molecule has 1 heterocycles. The van der Waals surface area contributed by atoms with Gasteiger partial charge >= 0.3 is 0 Å². The number of rotatable bonds is 4. The number of amides is 1. The molecule has 0 saturated carbocycles. The quantitative estimate of drug-likeness (QED) is 0.559. The van der Waals surface area contributed by atoms with Crippen LogP contribution in [0.1, 0.15) is 19.4 Å². The molecular weight excluding hydrogens is 178 g/mol. The third-order valence-corrected chi connectivity index (χ3v) is 1.87. The fourth-order valence-electron chi connectivity index (χ4n) is 1.04. The van der Waals surface area contributed by atoms with Crippen LogP contribution in [-0.4, -0.2) is 22.2 Å². The van der Waals surface area contributed by atoms with Crippen LogP contribution in [0.25, 0.3) is 0 Å². The van der Waals surface area contributed by atoms with Crippen molar-refractivity contribution in [3.8, 4) is 12.3 Å². The van der Waals surface area contributed by atoms with Crippen molar-refractivity contribution in [1.29, 1.82) is 0 Å². The summed E-state index contributed by atoms with van der Waals surface area (Å²) in [6.45, 7) is 2.30. The van der Waals surface area contributed by atoms with E-state index in [1.165, 1.54) is 0 Å². The first kappa shape index (κ1) is 10.3. The maximum absolute atomic E-state index is 11.5. The number of carbonyl (C=O) groups excluding carboxylic acids is 1. The van der Waals surface area contributed by atoms with Gasteiger partial charge in [0, 0.05) is 25.4 Å². The zero-order valence-electron chi connectivity index (χ0n) is 8.10. The Labute approximate surface area is 83.3 Å². The molecule has 1 N–H and O–H groups in total. The molecule has 1 amide bonds. The van der Waals surface area contributed by atoms with E-state index >= 15 is 0 Å². The van der Waals surface area contributed by atoms with Gasteiger partial charge in [0.25, 0.3) is 0 Å². The first-order chi connectivity index (χ1) is 6.75. The van der Waals surface area contributed by atoms with Crippen molar-refractivity contribution < 1.29 is 4.79 Å². The summed E-state index contributed by atoms with van der Waals surface area (Å²) in [6.07, 6.45) is 9.02. The van der Waals surface area contributed by atoms with Crippen LogP contribution in [0.15, 0.2) is 18.5 Å². The standard InChI is InChI=1S/C10H13N3O/c1-3-4-6-11-10(14)9(2)13-8-5-7-12-13/h1,5,7-9H,4,6H2,2H3,(H,11,14). The lowest BCUT2D eigenvalue weighted by molar-refractivity contribution is -0.124. The Morgan fingerprint density at radius 1 is 1.79 bits per heavy atom. The number of aromatic nitrogens is 2. The van der Waals surface area contributed by atoms with Gasteiger partial charge in [-0.25, -0.2) is 0 Å². The normalized spacial score (nSPS) is 11.7. The van der Waals surface area contributed by atoms with Crippen LogP contribution in [0.3, 0.4) is 0 Å². The van der Waals surface area contributed by atoms with Crippen molar-refractivity contribution in [3.63, 3.8) is 0 Å². The van der Waals surface area contributed by atoms with Crippen LogP contribution in [0, 0.1) is 12.3 Å². The molecule has 0 radical (unpaired) electrons. The van der Waals surface area contributed by atoms with Crippen LogP contribution < -0.4 is 5.32 Å². The first-order valence-electron chi connectivity index (χ1n) is 4.46. The maximum atomic E-state index is 11.5. The summed E-state index contributed by atoms with van der Waals surface area (Å²) in [5, 5.41) is 6.71. The van der Waals surface area contributed by atoms with Gasteiger partial charge in [0.05, 0.1) is 0 Å². The van der Waals surface area contributed by atoms with Crippen molar-refractivity contribution in [2.24, 2.45) is 0 Å². The lowest BCUT2D eigenvalue weighted by Crippen LogP contribution is -2.31. The molecule has 0 aliphatic heterocycles. The lowest BCUT2D eigenvalue weighted by atomic mass is 10.3. The fourth-order valence-corrected chi connectivity index (χ4v) is 1.04. The Morgan fingerprint density at radius 2 is 2.57 bits per heavy atom. The third kappa shape index (κ3) is 2.63. The SMILES string of the molecule is C#CCCNC(=O)C(C)n1cccn1. The molecule has 0 aromatic carbocycles. The van der Waals surface area contributed by atoms with E-state index in [1.807, 2.05) is 0 Å². The van der Waals surface area contributed by atoms with E-state index in [1.54, 1.807) is 30.1 Å². The van der Waals surface area contributed by atoms with E-state index < -0.39 is 0 Å². The number of carbonyl (C=O) groups is 1. The minimum absolute atomic E-state index is 0.0658. The minimum Gasteiger partial charge on any atom is -0.353 e. The summed E-state index contributed by atoms with van der Waals surface area (Å²) in [6, 6.07) is 1.49. The van der Waals surface area contributed by atoms with E-state index in [0.717, 1.165) is 0 Å². The molecule has 0 bridgehead atoms. The molecule has 0 saturated heterocycles. The van der Waals surface area contributed by atoms with Gasteiger partial charge in [-0.2, -0.15) is 5.10 Å². The molecule has 1 atom stereocenters. The smallest absolute Gasteiger partial charge is 0.244 e. The Balaban J connectivity index is 2.42. The summed E-state index contributed by atoms with van der Waals surface area (Å²) >= 11 is 0. The highest BCUT2D eigenvalue weighted by Gasteiger charge is 2.13. The number of terminal acetylenes is 1. The summed E-state index contributed by atoms with van der Waals surface area (Å²) in [5.41, 5.74) is 0. The van der Waals surface area contributed by atoms with Crippen molar-refractivity contribution in [3.05, 3.63) is 18.5 Å². The van der Waals surface area contributed by atoms with E-state index in [9.17, 15) is 4.79 Å². The molecule has 1 unspecified atom stereocenters. The minimum atomic E-state index is -0.289. The van der Waals surface area contributed by atoms with Crippen molar-refractivity contribution >= 4 is 5.91 Å². The number of nitrogens with one attached hydrogen (secondary N) is 1. The van der Waals surface area contributed by atoms with E-state index in [4.69, 9.17) is 6.42 Å². The molecule has 0 fully saturated rings. The molecule has 4 nitrogen and oxygen atoms in total. The van der Waals surface area contributed by atoms with Crippen molar-refractivity contribution in [2.45, 2.75) is 19.4 Å². The van der Waals surface area contributed by atoms with Gasteiger partial charge in [0.1, 0.15) is 6.04 Å². The lowest BCUT2D eigenvalue weighted by Gasteiger charge is -2.11. The molecular formula is C10H13N3O. The third-order valence-electron chi connectivity index (χ3n) is 1.87. The van der Waals surface area contributed by atoms with Gasteiger partial charge in [0.2, 0.25) is 5.91 Å². The second-order valence-corrected chi connectivity index (χ2v) is 2.91. The first-order valence-corrected chi connectivity index (χ1v) is 4.46. The fraction of sp³-hybridized carbons (Fsp3) is 0.400. The molecule has 0 spiro atoms. The molecule has 74 valence electrons. The van der Waals surface area contributed by atoms with Gasteiger partial charge in [-0.15, -0.1) is 12.3 Å². The predicted molar refractivity (Wildman–Crippen MR) is 53.4 cm³/mol. The molecule has 4 heteroatoms. The van der Waals surface area contributed by atoms with Crippen LogP contribution in [-0.2, 0) is 4.79 Å². The van der Waals surface area contributed by atoms with Gasteiger partial charge in [-0.05, 0) is 13.0 Å². The number of hydrogen-bond donors (Lipinski definition) is 1. The van der Waals surface area contributed by atoms with Crippen LogP contribution in [0.2, 0.25) is 0 Å². The van der Waals surface area contributed by atoms with Gasteiger partial charge < -0.3 is 5.32 Å². The average molecular weight is 191 g/mol. The van der Waals surface area contributed by atoms with E-state index in [-0.39, 0.29) is 11.9 Å². The molecule has 0 aliphatic rings. The Bertz CT molecular complexity index is 324. The zero-order valence-corrected chi connectivity index (χ0v) is 8.10. The summed E-state index contributed by atoms with van der Waals surface area (Å²) in [4.78, 5) is 11.5. The van der Waals surface area contributed by atoms with Crippen molar-refractivity contribution in [2.75, 3.05) is 6.54 Å². The zero-order chi connectivity index (χ0) is 10.4. The predicted octanol–water partition coefficient (Wildman–Crippen LogP) is 0.584. The van der Waals surface area contributed by atoms with E-state index in [2.05, 4.69) is 16.3 Å². The molecule has 0 aliphatic carbocycles. The van der Waals surface area contributed by atoms with Gasteiger partial charge in [-0.3, -0.25) is 9.48 Å². The van der Waals surface area contributed by atoms with Gasteiger partial charge in [-0.1, -0.05) is 0 Å². The van der Waals surface area contributed by atoms with Crippen LogP contribution in [0.5, 0.6) is 0 Å². The topological polar surface area (TPSA) is 46.9 Å². The van der Waals surface area contributed by atoms with Crippen LogP contribution >= 0.6 is 0 Å². The maximum Gasteiger partial charge on any atom is 0.244 e. The molecule has 14 heavy (non-hydrogen) atoms. The molecule has 1 aromatic heterocycles. The Kier molecular flexibility index (Phi) is 3.74. The second kappa shape index (κ2) is 5.07. The highest BCUT2D eigenvalue weighted by atomic mass is 16.2. The largest absolute Gasteiger partial charge is 0.353 e. The number of nitrogens with zero attached hydrogens (tertiary/aromatic N) is 2. The van der Waals surface area contributed by atoms with E-state index in [0.29, 0.717) is 13.0 Å². The molecule has 1 aromatic rings. The summed E-state index contributed by atoms with van der Waals surface area (Å²) in [7, 11) is 0. The number of hydrogen-bond acceptors (Lipinski definition) is 2. The molecule has 1 rings (SSSR count). The second-order valence-electron chi connectivity index (χ2n) is 2.91. The highest BCUT2D eigenvalue weighted by molar-refractivity contribution is 5.79. The van der Waals surface area contributed by atoms with Crippen LogP contribution in [0.4, 0.5) is 0 Å². The summed E-state index contributed by atoms with van der Waals surface area (Å²) < 4.78 is 1.60. The van der Waals surface area contributed by atoms with Crippen molar-refractivity contribution in [1.82, 2.24) is 15.1 Å². The summed E-state index contributed by atoms with van der Waals surface area (Å²) in [5.74, 6) is 2.39. The highest BCUT2D eigenvalue weighted by Crippen LogP contribution is 2.02.